The molecule has 0 heterocycles. The summed E-state index contributed by atoms with van der Waals surface area (Å²) in [4.78, 5) is 38.2. The predicted molar refractivity (Wildman–Crippen MR) is 293 cm³/mol. The van der Waals surface area contributed by atoms with Gasteiger partial charge in [0.2, 0.25) is 0 Å². The number of unbranched alkanes of at least 4 members (excludes halogenated alkanes) is 40. The highest BCUT2D eigenvalue weighted by atomic mass is 16.6. The molecule has 404 valence electrons. The molecular weight excluding hydrogens is 841 g/mol. The summed E-state index contributed by atoms with van der Waals surface area (Å²) in [5.41, 5.74) is 0. The number of hydrogen-bond acceptors (Lipinski definition) is 6. The van der Waals surface area contributed by atoms with Gasteiger partial charge in [0.05, 0.1) is 0 Å². The average Bonchev–Trinajstić information content (AvgIpc) is 3.32. The quantitative estimate of drug-likeness (QED) is 0.0343. The van der Waals surface area contributed by atoms with E-state index in [0.717, 1.165) is 69.6 Å². The van der Waals surface area contributed by atoms with Gasteiger partial charge in [-0.3, -0.25) is 14.4 Å². The van der Waals surface area contributed by atoms with E-state index >= 15 is 0 Å². The lowest BCUT2D eigenvalue weighted by molar-refractivity contribution is -0.167. The molecule has 0 N–H and O–H groups in total. The minimum absolute atomic E-state index is 0.0622. The number of carbonyl (C=O) groups excluding carboxylic acids is 3. The Morgan fingerprint density at radius 1 is 0.309 bits per heavy atom. The number of esters is 3. The van der Waals surface area contributed by atoms with Crippen molar-refractivity contribution in [2.75, 3.05) is 13.2 Å². The molecule has 2 atom stereocenters. The number of hydrogen-bond donors (Lipinski definition) is 0. The molecule has 0 amide bonds. The SMILES string of the molecule is CCCCCCCCCCCCCCCC(=O)OC[C@@H](COC(=O)CCCCCCCCCCCCCCC(C)C)OC(=O)CCCCCCCCCCCCCCCCCCCCC(C)CC. The van der Waals surface area contributed by atoms with Gasteiger partial charge in [-0.15, -0.1) is 0 Å². The van der Waals surface area contributed by atoms with Crippen LogP contribution in [-0.4, -0.2) is 37.2 Å². The molecule has 0 radical (unpaired) electrons. The highest BCUT2D eigenvalue weighted by molar-refractivity contribution is 5.71. The van der Waals surface area contributed by atoms with Crippen molar-refractivity contribution in [3.8, 4) is 0 Å². The maximum Gasteiger partial charge on any atom is 0.306 e. The van der Waals surface area contributed by atoms with Crippen LogP contribution in [0, 0.1) is 11.8 Å². The molecule has 68 heavy (non-hydrogen) atoms. The van der Waals surface area contributed by atoms with E-state index < -0.39 is 6.10 Å². The summed E-state index contributed by atoms with van der Waals surface area (Å²) < 4.78 is 16.9. The molecule has 0 aromatic carbocycles. The van der Waals surface area contributed by atoms with E-state index in [1.54, 1.807) is 0 Å². The van der Waals surface area contributed by atoms with Crippen molar-refractivity contribution in [3.63, 3.8) is 0 Å². The standard InChI is InChI=1S/C62H120O6/c1-6-8-9-10-11-12-13-20-27-32-37-42-47-52-60(63)66-55-59(56-67-61(64)53-48-43-38-33-28-24-23-25-30-35-40-45-50-57(3)4)68-62(65)54-49-44-39-34-29-22-19-17-15-14-16-18-21-26-31-36-41-46-51-58(5)7-2/h57-59H,6-56H2,1-5H3/t58?,59-/m0/s1. The fourth-order valence-corrected chi connectivity index (χ4v) is 9.55. The summed E-state index contributed by atoms with van der Waals surface area (Å²) in [6.07, 6.45) is 59.5. The largest absolute Gasteiger partial charge is 0.462 e. The minimum Gasteiger partial charge on any atom is -0.462 e. The van der Waals surface area contributed by atoms with Crippen LogP contribution in [0.2, 0.25) is 0 Å². The van der Waals surface area contributed by atoms with Gasteiger partial charge < -0.3 is 14.2 Å². The Morgan fingerprint density at radius 2 is 0.559 bits per heavy atom. The van der Waals surface area contributed by atoms with Crippen LogP contribution in [-0.2, 0) is 28.6 Å². The van der Waals surface area contributed by atoms with Gasteiger partial charge in [0.25, 0.3) is 0 Å². The third-order valence-electron chi connectivity index (χ3n) is 14.6. The molecule has 0 aliphatic carbocycles. The van der Waals surface area contributed by atoms with Crippen molar-refractivity contribution in [2.24, 2.45) is 11.8 Å². The molecule has 0 saturated heterocycles. The second-order valence-corrected chi connectivity index (χ2v) is 22.1. The zero-order valence-electron chi connectivity index (χ0n) is 46.7. The molecule has 0 bridgehead atoms. The average molecular weight is 962 g/mol. The van der Waals surface area contributed by atoms with Crippen LogP contribution in [0.1, 0.15) is 349 Å². The van der Waals surface area contributed by atoms with Crippen molar-refractivity contribution in [1.29, 1.82) is 0 Å². The van der Waals surface area contributed by atoms with Gasteiger partial charge >= 0.3 is 17.9 Å². The predicted octanol–water partition coefficient (Wildman–Crippen LogP) is 20.4. The monoisotopic (exact) mass is 961 g/mol. The van der Waals surface area contributed by atoms with Gasteiger partial charge in [0.1, 0.15) is 13.2 Å². The highest BCUT2D eigenvalue weighted by Crippen LogP contribution is 2.19. The fourth-order valence-electron chi connectivity index (χ4n) is 9.55. The van der Waals surface area contributed by atoms with Crippen LogP contribution >= 0.6 is 0 Å². The number of ether oxygens (including phenoxy) is 3. The zero-order valence-corrected chi connectivity index (χ0v) is 46.7. The Labute approximate surface area is 425 Å². The first kappa shape index (κ1) is 66.4. The molecule has 0 rings (SSSR count). The van der Waals surface area contributed by atoms with Crippen molar-refractivity contribution < 1.29 is 28.6 Å². The van der Waals surface area contributed by atoms with Gasteiger partial charge in [-0.25, -0.2) is 0 Å². The molecule has 6 nitrogen and oxygen atoms in total. The summed E-state index contributed by atoms with van der Waals surface area (Å²) in [6, 6.07) is 0. The van der Waals surface area contributed by atoms with E-state index in [1.165, 1.54) is 238 Å². The summed E-state index contributed by atoms with van der Waals surface area (Å²) in [7, 11) is 0. The van der Waals surface area contributed by atoms with Gasteiger partial charge in [-0.1, -0.05) is 311 Å². The van der Waals surface area contributed by atoms with Crippen molar-refractivity contribution in [1.82, 2.24) is 0 Å². The van der Waals surface area contributed by atoms with Crippen molar-refractivity contribution >= 4 is 17.9 Å². The van der Waals surface area contributed by atoms with Crippen molar-refractivity contribution in [2.45, 2.75) is 355 Å². The molecule has 0 fully saturated rings. The fraction of sp³-hybridized carbons (Fsp3) is 0.952. The van der Waals surface area contributed by atoms with Crippen LogP contribution < -0.4 is 0 Å². The molecule has 6 heteroatoms. The Balaban J connectivity index is 4.25. The normalized spacial score (nSPS) is 12.4. The third-order valence-corrected chi connectivity index (χ3v) is 14.6. The summed E-state index contributed by atoms with van der Waals surface area (Å²) in [5, 5.41) is 0. The van der Waals surface area contributed by atoms with Crippen LogP contribution in [0.25, 0.3) is 0 Å². The lowest BCUT2D eigenvalue weighted by Crippen LogP contribution is -2.30. The summed E-state index contributed by atoms with van der Waals surface area (Å²) >= 11 is 0. The van der Waals surface area contributed by atoms with Crippen LogP contribution in [0.15, 0.2) is 0 Å². The van der Waals surface area contributed by atoms with Crippen LogP contribution in [0.5, 0.6) is 0 Å². The molecule has 0 aliphatic rings. The second kappa shape index (κ2) is 54.7. The van der Waals surface area contributed by atoms with E-state index in [0.29, 0.717) is 19.3 Å². The summed E-state index contributed by atoms with van der Waals surface area (Å²) in [5.74, 6) is 0.908. The van der Waals surface area contributed by atoms with Gasteiger partial charge in [0, 0.05) is 19.3 Å². The summed E-state index contributed by atoms with van der Waals surface area (Å²) in [6.45, 7) is 11.5. The van der Waals surface area contributed by atoms with Crippen molar-refractivity contribution in [3.05, 3.63) is 0 Å². The van der Waals surface area contributed by atoms with E-state index in [4.69, 9.17) is 14.2 Å². The number of rotatable bonds is 56. The maximum atomic E-state index is 12.9. The molecule has 0 spiro atoms. The Kier molecular flexibility index (Phi) is 53.5. The second-order valence-electron chi connectivity index (χ2n) is 22.1. The van der Waals surface area contributed by atoms with Crippen LogP contribution in [0.4, 0.5) is 0 Å². The lowest BCUT2D eigenvalue weighted by Gasteiger charge is -2.18. The van der Waals surface area contributed by atoms with Crippen LogP contribution in [0.3, 0.4) is 0 Å². The minimum atomic E-state index is -0.763. The van der Waals surface area contributed by atoms with Gasteiger partial charge in [0.15, 0.2) is 6.10 Å². The first-order chi connectivity index (χ1) is 33.3. The highest BCUT2D eigenvalue weighted by Gasteiger charge is 2.19. The first-order valence-electron chi connectivity index (χ1n) is 30.8. The smallest absolute Gasteiger partial charge is 0.306 e. The molecule has 1 unspecified atom stereocenters. The Bertz CT molecular complexity index is 1040. The molecule has 0 saturated carbocycles. The Morgan fingerprint density at radius 3 is 0.838 bits per heavy atom. The third kappa shape index (κ3) is 53.8. The lowest BCUT2D eigenvalue weighted by atomic mass is 9.99. The van der Waals surface area contributed by atoms with E-state index in [2.05, 4.69) is 34.6 Å². The first-order valence-corrected chi connectivity index (χ1v) is 30.8. The maximum absolute atomic E-state index is 12.9. The molecule has 0 aromatic rings. The van der Waals surface area contributed by atoms with E-state index in [-0.39, 0.29) is 31.1 Å². The molecule has 0 aliphatic heterocycles. The number of carbonyl (C=O) groups is 3. The van der Waals surface area contributed by atoms with Gasteiger partial charge in [-0.05, 0) is 31.1 Å². The zero-order chi connectivity index (χ0) is 49.6. The molecular formula is C62H120O6. The molecule has 0 aromatic heterocycles. The van der Waals surface area contributed by atoms with E-state index in [9.17, 15) is 14.4 Å². The van der Waals surface area contributed by atoms with Gasteiger partial charge in [-0.2, -0.15) is 0 Å². The van der Waals surface area contributed by atoms with E-state index in [1.807, 2.05) is 0 Å². The Hall–Kier alpha value is -1.59. The topological polar surface area (TPSA) is 78.9 Å².